The number of hydrogen-bond donors (Lipinski definition) is 3. The zero-order chi connectivity index (χ0) is 14.2. The number of thioether (sulfide) groups is 1. The lowest BCUT2D eigenvalue weighted by molar-refractivity contribution is -0.136. The Bertz CT molecular complexity index is 341. The molecule has 0 aliphatic carbocycles. The minimum absolute atomic E-state index is 0.0415. The lowest BCUT2D eigenvalue weighted by Crippen LogP contribution is -2.25. The van der Waals surface area contributed by atoms with Crippen LogP contribution in [0.15, 0.2) is 0 Å². The maximum absolute atomic E-state index is 10.4. The average Bonchev–Trinajstić information content (AvgIpc) is 2.19. The van der Waals surface area contributed by atoms with E-state index in [1.165, 1.54) is 11.8 Å². The first-order valence-corrected chi connectivity index (χ1v) is 8.01. The molecule has 0 saturated carbocycles. The van der Waals surface area contributed by atoms with Gasteiger partial charge in [0.2, 0.25) is 0 Å². The molecule has 9 heteroatoms. The zero-order valence-electron chi connectivity index (χ0n) is 9.98. The van der Waals surface area contributed by atoms with Crippen LogP contribution in [0.4, 0.5) is 0 Å². The van der Waals surface area contributed by atoms with E-state index >= 15 is 0 Å². The van der Waals surface area contributed by atoms with Crippen LogP contribution in [0.3, 0.4) is 0 Å². The molecule has 0 fully saturated rings. The number of hydrogen-bond acceptors (Lipinski definition) is 6. The fourth-order valence-corrected chi connectivity index (χ4v) is 2.44. The van der Waals surface area contributed by atoms with Crippen molar-refractivity contribution in [2.24, 2.45) is 5.92 Å². The van der Waals surface area contributed by atoms with Crippen molar-refractivity contribution >= 4 is 27.8 Å². The maximum Gasteiger partial charge on any atom is 0.304 e. The van der Waals surface area contributed by atoms with Crippen molar-refractivity contribution in [1.29, 1.82) is 0 Å². The fraction of sp³-hybridized carbons (Fsp3) is 0.889. The van der Waals surface area contributed by atoms with Crippen LogP contribution in [-0.2, 0) is 19.6 Å². The number of aliphatic hydroxyl groups excluding tert-OH is 1. The van der Waals surface area contributed by atoms with Crippen LogP contribution >= 0.6 is 11.8 Å². The highest BCUT2D eigenvalue weighted by Gasteiger charge is 2.15. The van der Waals surface area contributed by atoms with Gasteiger partial charge in [-0.15, -0.1) is 0 Å². The van der Waals surface area contributed by atoms with Gasteiger partial charge in [-0.2, -0.15) is 20.2 Å². The molecule has 0 rings (SSSR count). The molecule has 0 heterocycles. The highest BCUT2D eigenvalue weighted by atomic mass is 32.2. The van der Waals surface area contributed by atoms with Gasteiger partial charge in [0.25, 0.3) is 10.1 Å². The summed E-state index contributed by atoms with van der Waals surface area (Å²) in [4.78, 5) is 10.2. The van der Waals surface area contributed by atoms with Gasteiger partial charge in [0.1, 0.15) is 5.75 Å². The summed E-state index contributed by atoms with van der Waals surface area (Å²) in [6, 6.07) is 0. The SMILES string of the molecule is CC(COC(O)CS(=O)(=O)O)CSCCC(=O)O. The quantitative estimate of drug-likeness (QED) is 0.294. The van der Waals surface area contributed by atoms with Crippen LogP contribution in [0, 0.1) is 5.92 Å². The number of carboxylic acids is 1. The van der Waals surface area contributed by atoms with Crippen LogP contribution in [0.25, 0.3) is 0 Å². The van der Waals surface area contributed by atoms with E-state index in [1.807, 2.05) is 6.92 Å². The van der Waals surface area contributed by atoms with Gasteiger partial charge in [-0.25, -0.2) is 0 Å². The summed E-state index contributed by atoms with van der Waals surface area (Å²) in [5.74, 6) is -0.528. The van der Waals surface area contributed by atoms with Crippen molar-refractivity contribution in [3.8, 4) is 0 Å². The normalized spacial score (nSPS) is 15.3. The second-order valence-electron chi connectivity index (χ2n) is 3.86. The molecule has 3 N–H and O–H groups in total. The van der Waals surface area contributed by atoms with E-state index in [9.17, 15) is 13.2 Å². The predicted octanol–water partition coefficient (Wildman–Crippen LogP) is 0.0532. The first-order valence-electron chi connectivity index (χ1n) is 5.25. The number of rotatable bonds is 10. The second kappa shape index (κ2) is 8.70. The fourth-order valence-electron chi connectivity index (χ4n) is 0.996. The Labute approximate surface area is 110 Å². The molecule has 0 bridgehead atoms. The zero-order valence-corrected chi connectivity index (χ0v) is 11.6. The van der Waals surface area contributed by atoms with E-state index in [-0.39, 0.29) is 18.9 Å². The summed E-state index contributed by atoms with van der Waals surface area (Å²) >= 11 is 1.44. The van der Waals surface area contributed by atoms with E-state index < -0.39 is 28.1 Å². The molecule has 0 spiro atoms. The minimum atomic E-state index is -4.25. The van der Waals surface area contributed by atoms with Crippen molar-refractivity contribution in [2.45, 2.75) is 19.6 Å². The average molecular weight is 302 g/mol. The number of ether oxygens (including phenoxy) is 1. The van der Waals surface area contributed by atoms with Crippen LogP contribution in [0.5, 0.6) is 0 Å². The molecule has 0 aromatic heterocycles. The van der Waals surface area contributed by atoms with Crippen molar-refractivity contribution < 1.29 is 32.7 Å². The van der Waals surface area contributed by atoms with Gasteiger partial charge in [-0.3, -0.25) is 9.35 Å². The van der Waals surface area contributed by atoms with E-state index in [2.05, 4.69) is 0 Å². The molecule has 0 aromatic rings. The van der Waals surface area contributed by atoms with E-state index in [4.69, 9.17) is 19.5 Å². The van der Waals surface area contributed by atoms with Gasteiger partial charge in [0, 0.05) is 5.75 Å². The third-order valence-electron chi connectivity index (χ3n) is 1.79. The molecule has 7 nitrogen and oxygen atoms in total. The second-order valence-corrected chi connectivity index (χ2v) is 6.51. The molecule has 0 aliphatic heterocycles. The molecule has 2 atom stereocenters. The molecule has 0 radical (unpaired) electrons. The summed E-state index contributed by atoms with van der Waals surface area (Å²) < 4.78 is 34.1. The number of carbonyl (C=O) groups is 1. The molecule has 108 valence electrons. The smallest absolute Gasteiger partial charge is 0.304 e. The molecule has 0 aromatic carbocycles. The standard InChI is InChI=1S/C9H18O7S2/c1-7(5-17-3-2-8(10)11)4-16-9(12)6-18(13,14)15/h7,9,12H,2-6H2,1H3,(H,10,11)(H,13,14,15). The number of aliphatic hydroxyl groups is 1. The van der Waals surface area contributed by atoms with Crippen LogP contribution in [-0.4, -0.2) is 59.3 Å². The van der Waals surface area contributed by atoms with Crippen molar-refractivity contribution in [3.05, 3.63) is 0 Å². The van der Waals surface area contributed by atoms with Gasteiger partial charge in [-0.05, 0) is 11.7 Å². The lowest BCUT2D eigenvalue weighted by atomic mass is 10.2. The van der Waals surface area contributed by atoms with E-state index in [0.29, 0.717) is 11.5 Å². The predicted molar refractivity (Wildman–Crippen MR) is 67.1 cm³/mol. The van der Waals surface area contributed by atoms with Gasteiger partial charge in [-0.1, -0.05) is 6.92 Å². The lowest BCUT2D eigenvalue weighted by Gasteiger charge is -2.14. The summed E-state index contributed by atoms with van der Waals surface area (Å²) in [6.07, 6.45) is -1.46. The highest BCUT2D eigenvalue weighted by Crippen LogP contribution is 2.10. The van der Waals surface area contributed by atoms with Crippen molar-refractivity contribution in [2.75, 3.05) is 23.9 Å². The maximum atomic E-state index is 10.4. The van der Waals surface area contributed by atoms with Gasteiger partial charge >= 0.3 is 5.97 Å². The molecule has 0 saturated heterocycles. The highest BCUT2D eigenvalue weighted by molar-refractivity contribution is 7.99. The Hall–Kier alpha value is -0.350. The Balaban J connectivity index is 3.64. The summed E-state index contributed by atoms with van der Waals surface area (Å²) in [5, 5.41) is 17.5. The van der Waals surface area contributed by atoms with Crippen LogP contribution in [0.1, 0.15) is 13.3 Å². The first kappa shape index (κ1) is 17.6. The summed E-state index contributed by atoms with van der Waals surface area (Å²) in [5.41, 5.74) is 0. The molecular weight excluding hydrogens is 284 g/mol. The molecule has 0 amide bonds. The summed E-state index contributed by atoms with van der Waals surface area (Å²) in [7, 11) is -4.25. The van der Waals surface area contributed by atoms with Crippen molar-refractivity contribution in [1.82, 2.24) is 0 Å². The van der Waals surface area contributed by atoms with E-state index in [0.717, 1.165) is 0 Å². The van der Waals surface area contributed by atoms with Crippen LogP contribution in [0.2, 0.25) is 0 Å². The Morgan fingerprint density at radius 1 is 1.44 bits per heavy atom. The largest absolute Gasteiger partial charge is 0.481 e. The Morgan fingerprint density at radius 3 is 2.56 bits per heavy atom. The summed E-state index contributed by atoms with van der Waals surface area (Å²) in [6.45, 7) is 1.96. The number of aliphatic carboxylic acids is 1. The monoisotopic (exact) mass is 302 g/mol. The minimum Gasteiger partial charge on any atom is -0.481 e. The molecule has 2 unspecified atom stereocenters. The first-order chi connectivity index (χ1) is 8.20. The van der Waals surface area contributed by atoms with E-state index in [1.54, 1.807) is 0 Å². The Morgan fingerprint density at radius 2 is 2.06 bits per heavy atom. The molecule has 0 aliphatic rings. The van der Waals surface area contributed by atoms with Gasteiger partial charge in [0.15, 0.2) is 6.29 Å². The third-order valence-corrected chi connectivity index (χ3v) is 3.79. The van der Waals surface area contributed by atoms with Gasteiger partial charge < -0.3 is 14.9 Å². The van der Waals surface area contributed by atoms with Gasteiger partial charge in [0.05, 0.1) is 13.0 Å². The number of carboxylic acid groups (broad SMARTS) is 1. The van der Waals surface area contributed by atoms with Crippen LogP contribution < -0.4 is 0 Å². The van der Waals surface area contributed by atoms with Crippen molar-refractivity contribution in [3.63, 3.8) is 0 Å². The molecule has 18 heavy (non-hydrogen) atoms. The topological polar surface area (TPSA) is 121 Å². The third kappa shape index (κ3) is 12.1. The molecular formula is C9H18O7S2. The Kier molecular flexibility index (Phi) is 8.53.